The largest absolute Gasteiger partial charge is 0.344 e. The Balaban J connectivity index is 1.31. The van der Waals surface area contributed by atoms with Crippen molar-refractivity contribution in [2.75, 3.05) is 13.6 Å². The Kier molecular flexibility index (Phi) is 26.7. The van der Waals surface area contributed by atoms with Gasteiger partial charge in [-0.3, -0.25) is 4.98 Å². The summed E-state index contributed by atoms with van der Waals surface area (Å²) < 4.78 is 14.0. The number of unbranched alkanes of at least 4 members (excludes halogenated alkanes) is 18. The van der Waals surface area contributed by atoms with Crippen molar-refractivity contribution in [3.63, 3.8) is 0 Å². The van der Waals surface area contributed by atoms with Crippen LogP contribution in [0.1, 0.15) is 199 Å². The molecule has 0 amide bonds. The van der Waals surface area contributed by atoms with Gasteiger partial charge in [-0.05, 0) is 121 Å². The van der Waals surface area contributed by atoms with E-state index in [1.807, 2.05) is 12.4 Å². The summed E-state index contributed by atoms with van der Waals surface area (Å²) in [6, 6.07) is 4.82. The zero-order valence-electron chi connectivity index (χ0n) is 35.6. The smallest absolute Gasteiger partial charge is 0.169 e. The second-order valence-electron chi connectivity index (χ2n) is 16.6. The SMILES string of the molecule is CCCCC/C=C\C/C=C\CCCCCCCCC1(CCCCCCCC/C=C\C/C=C\CCCCC)OC2CC(N(C)CCc3ccncc3)C[C@H]2O1. The van der Waals surface area contributed by atoms with E-state index in [0.717, 1.165) is 51.5 Å². The highest BCUT2D eigenvalue weighted by molar-refractivity contribution is 5.10. The lowest BCUT2D eigenvalue weighted by atomic mass is 9.98. The Morgan fingerprint density at radius 3 is 1.43 bits per heavy atom. The van der Waals surface area contributed by atoms with Crippen LogP contribution in [0.5, 0.6) is 0 Å². The molecule has 0 bridgehead atoms. The molecular formula is C50H84N2O2. The number of pyridine rings is 1. The minimum atomic E-state index is -0.347. The van der Waals surface area contributed by atoms with Crippen LogP contribution in [0.4, 0.5) is 0 Å². The third-order valence-corrected chi connectivity index (χ3v) is 11.8. The number of fused-ring (bicyclic) bond motifs is 1. The lowest BCUT2D eigenvalue weighted by molar-refractivity contribution is -0.193. The molecule has 1 saturated heterocycles. The average molecular weight is 745 g/mol. The first-order valence-corrected chi connectivity index (χ1v) is 23.2. The van der Waals surface area contributed by atoms with Gasteiger partial charge in [0.2, 0.25) is 0 Å². The average Bonchev–Trinajstić information content (AvgIpc) is 3.74. The molecule has 1 aliphatic heterocycles. The van der Waals surface area contributed by atoms with Crippen LogP contribution in [0.15, 0.2) is 73.1 Å². The molecule has 0 N–H and O–H groups in total. The number of hydrogen-bond donors (Lipinski definition) is 0. The van der Waals surface area contributed by atoms with E-state index in [9.17, 15) is 0 Å². The molecule has 3 atom stereocenters. The number of rotatable bonds is 34. The van der Waals surface area contributed by atoms with Crippen molar-refractivity contribution in [3.8, 4) is 0 Å². The third kappa shape index (κ3) is 21.3. The minimum absolute atomic E-state index is 0.257. The van der Waals surface area contributed by atoms with Gasteiger partial charge in [0.1, 0.15) is 0 Å². The molecule has 1 aliphatic carbocycles. The monoisotopic (exact) mass is 745 g/mol. The first-order valence-electron chi connectivity index (χ1n) is 23.2. The van der Waals surface area contributed by atoms with Gasteiger partial charge in [-0.1, -0.05) is 140 Å². The number of ether oxygens (including phenoxy) is 2. The zero-order valence-corrected chi connectivity index (χ0v) is 35.6. The van der Waals surface area contributed by atoms with Gasteiger partial charge in [0.05, 0.1) is 12.2 Å². The van der Waals surface area contributed by atoms with Gasteiger partial charge in [0.15, 0.2) is 5.79 Å². The molecule has 2 aliphatic rings. The Morgan fingerprint density at radius 2 is 0.981 bits per heavy atom. The normalized spacial score (nSPS) is 19.9. The van der Waals surface area contributed by atoms with E-state index in [1.165, 1.54) is 147 Å². The molecule has 2 heterocycles. The summed E-state index contributed by atoms with van der Waals surface area (Å²) in [6.45, 7) is 5.61. The van der Waals surface area contributed by atoms with Crippen LogP contribution in [0, 0.1) is 0 Å². The summed E-state index contributed by atoms with van der Waals surface area (Å²) in [5.74, 6) is -0.347. The predicted molar refractivity (Wildman–Crippen MR) is 234 cm³/mol. The van der Waals surface area contributed by atoms with Crippen molar-refractivity contribution < 1.29 is 9.47 Å². The fraction of sp³-hybridized carbons (Fsp3) is 0.740. The van der Waals surface area contributed by atoms with Gasteiger partial charge in [-0.2, -0.15) is 0 Å². The molecule has 2 unspecified atom stereocenters. The topological polar surface area (TPSA) is 34.6 Å². The first kappa shape index (κ1) is 46.4. The molecule has 2 fully saturated rings. The van der Waals surface area contributed by atoms with E-state index in [0.29, 0.717) is 6.04 Å². The Bertz CT molecular complexity index is 1060. The molecular weight excluding hydrogens is 661 g/mol. The summed E-state index contributed by atoms with van der Waals surface area (Å²) in [5, 5.41) is 0. The third-order valence-electron chi connectivity index (χ3n) is 11.8. The van der Waals surface area contributed by atoms with Crippen molar-refractivity contribution in [2.24, 2.45) is 0 Å². The zero-order chi connectivity index (χ0) is 38.2. The van der Waals surface area contributed by atoms with Crippen molar-refractivity contribution in [1.29, 1.82) is 0 Å². The molecule has 0 spiro atoms. The van der Waals surface area contributed by atoms with Crippen LogP contribution < -0.4 is 0 Å². The van der Waals surface area contributed by atoms with Crippen molar-refractivity contribution in [1.82, 2.24) is 9.88 Å². The molecule has 4 heteroatoms. The number of aromatic nitrogens is 1. The minimum Gasteiger partial charge on any atom is -0.344 e. The lowest BCUT2D eigenvalue weighted by Gasteiger charge is -2.32. The van der Waals surface area contributed by atoms with Crippen molar-refractivity contribution in [2.45, 2.75) is 224 Å². The Hall–Kier alpha value is -2.01. The molecule has 1 aromatic heterocycles. The van der Waals surface area contributed by atoms with E-state index >= 15 is 0 Å². The highest BCUT2D eigenvalue weighted by Gasteiger charge is 2.51. The maximum atomic E-state index is 6.98. The summed E-state index contributed by atoms with van der Waals surface area (Å²) in [5.41, 5.74) is 1.36. The van der Waals surface area contributed by atoms with E-state index in [2.05, 4.69) is 91.5 Å². The van der Waals surface area contributed by atoms with Gasteiger partial charge < -0.3 is 14.4 Å². The molecule has 0 aromatic carbocycles. The number of likely N-dealkylation sites (N-methyl/N-ethyl adjacent to an activating group) is 1. The molecule has 54 heavy (non-hydrogen) atoms. The van der Waals surface area contributed by atoms with Gasteiger partial charge in [-0.15, -0.1) is 0 Å². The molecule has 306 valence electrons. The molecule has 3 rings (SSSR count). The van der Waals surface area contributed by atoms with Gasteiger partial charge in [-0.25, -0.2) is 0 Å². The van der Waals surface area contributed by atoms with Crippen LogP contribution in [0.3, 0.4) is 0 Å². The highest BCUT2D eigenvalue weighted by atomic mass is 16.8. The maximum Gasteiger partial charge on any atom is 0.169 e. The lowest BCUT2D eigenvalue weighted by Crippen LogP contribution is -2.36. The summed E-state index contributed by atoms with van der Waals surface area (Å²) >= 11 is 0. The highest BCUT2D eigenvalue weighted by Crippen LogP contribution is 2.44. The molecule has 4 nitrogen and oxygen atoms in total. The Labute approximate surface area is 334 Å². The Morgan fingerprint density at radius 1 is 0.574 bits per heavy atom. The fourth-order valence-corrected chi connectivity index (χ4v) is 8.29. The van der Waals surface area contributed by atoms with Crippen molar-refractivity contribution in [3.05, 3.63) is 78.7 Å². The number of allylic oxidation sites excluding steroid dienone is 8. The standard InChI is InChI=1S/C50H84N2O2/c1-4-6-8-10-12-14-16-18-20-22-24-26-28-30-32-34-39-50(40-35-33-31-29-27-25-23-21-19-17-15-13-11-9-7-5-2)53-48-44-47(45-49(48)54-50)52(3)43-38-46-36-41-51-42-37-46/h12-15,18-21,36-37,41-42,47-49H,4-11,16-17,22-35,38-40,43-45H2,1-3H3/b14-12-,15-13-,20-18-,21-19-/t47?,48-,49?/m1/s1. The van der Waals surface area contributed by atoms with Gasteiger partial charge in [0, 0.05) is 37.8 Å². The second kappa shape index (κ2) is 31.1. The van der Waals surface area contributed by atoms with E-state index in [-0.39, 0.29) is 18.0 Å². The summed E-state index contributed by atoms with van der Waals surface area (Å²) in [4.78, 5) is 6.72. The van der Waals surface area contributed by atoms with E-state index in [1.54, 1.807) is 0 Å². The van der Waals surface area contributed by atoms with Crippen LogP contribution in [0.2, 0.25) is 0 Å². The molecule has 1 aromatic rings. The van der Waals surface area contributed by atoms with E-state index in [4.69, 9.17) is 9.47 Å². The quantitative estimate of drug-likeness (QED) is 0.0520. The predicted octanol–water partition coefficient (Wildman–Crippen LogP) is 14.6. The van der Waals surface area contributed by atoms with Crippen LogP contribution in [0.25, 0.3) is 0 Å². The van der Waals surface area contributed by atoms with E-state index < -0.39 is 0 Å². The summed E-state index contributed by atoms with van der Waals surface area (Å²) in [7, 11) is 2.29. The van der Waals surface area contributed by atoms with Crippen LogP contribution >= 0.6 is 0 Å². The maximum absolute atomic E-state index is 6.98. The molecule has 1 saturated carbocycles. The number of hydrogen-bond acceptors (Lipinski definition) is 4. The first-order chi connectivity index (χ1) is 26.7. The van der Waals surface area contributed by atoms with Gasteiger partial charge >= 0.3 is 0 Å². The fourth-order valence-electron chi connectivity index (χ4n) is 8.29. The van der Waals surface area contributed by atoms with Crippen LogP contribution in [-0.2, 0) is 15.9 Å². The summed E-state index contributed by atoms with van der Waals surface area (Å²) in [6.07, 6.45) is 59.5. The second-order valence-corrected chi connectivity index (χ2v) is 16.6. The van der Waals surface area contributed by atoms with Gasteiger partial charge in [0.25, 0.3) is 0 Å². The van der Waals surface area contributed by atoms with Crippen LogP contribution in [-0.4, -0.2) is 47.5 Å². The van der Waals surface area contributed by atoms with Crippen molar-refractivity contribution >= 4 is 0 Å². The number of nitrogens with zero attached hydrogens (tertiary/aromatic N) is 2. The molecule has 0 radical (unpaired) electrons.